The zero-order valence-electron chi connectivity index (χ0n) is 13.2. The first kappa shape index (κ1) is 15.0. The van der Waals surface area contributed by atoms with Gasteiger partial charge in [-0.1, -0.05) is 36.4 Å². The molecule has 3 aromatic rings. The Kier molecular flexibility index (Phi) is 4.20. The maximum Gasteiger partial charge on any atom is 0.141 e. The van der Waals surface area contributed by atoms with Gasteiger partial charge < -0.3 is 5.11 Å². The summed E-state index contributed by atoms with van der Waals surface area (Å²) in [5.74, 6) is 0.162. The van der Waals surface area contributed by atoms with E-state index in [2.05, 4.69) is 42.0 Å². The second kappa shape index (κ2) is 6.44. The average molecular weight is 302 g/mol. The third-order valence-corrected chi connectivity index (χ3v) is 3.73. The van der Waals surface area contributed by atoms with Gasteiger partial charge in [0.15, 0.2) is 0 Å². The number of aliphatic imine (C=N–C) groups is 1. The van der Waals surface area contributed by atoms with Crippen LogP contribution in [0.5, 0.6) is 5.75 Å². The van der Waals surface area contributed by atoms with Gasteiger partial charge in [0.25, 0.3) is 0 Å². The Morgan fingerprint density at radius 3 is 2.30 bits per heavy atom. The van der Waals surface area contributed by atoms with Gasteiger partial charge in [-0.05, 0) is 49.2 Å². The highest BCUT2D eigenvalue weighted by molar-refractivity contribution is 5.82. The van der Waals surface area contributed by atoms with E-state index in [1.54, 1.807) is 24.4 Å². The summed E-state index contributed by atoms with van der Waals surface area (Å²) in [5.41, 5.74) is 5.78. The molecule has 0 aliphatic rings. The zero-order chi connectivity index (χ0) is 16.2. The Balaban J connectivity index is 1.96. The minimum Gasteiger partial charge on any atom is -0.506 e. The van der Waals surface area contributed by atoms with Gasteiger partial charge in [-0.2, -0.15) is 0 Å². The lowest BCUT2D eigenvalue weighted by molar-refractivity contribution is 0.477. The smallest absolute Gasteiger partial charge is 0.141 e. The number of hydrogen-bond donors (Lipinski definition) is 1. The molecule has 1 N–H and O–H groups in total. The van der Waals surface area contributed by atoms with Crippen LogP contribution >= 0.6 is 0 Å². The Morgan fingerprint density at radius 1 is 0.870 bits per heavy atom. The van der Waals surface area contributed by atoms with Gasteiger partial charge in [0.05, 0.1) is 17.6 Å². The molecule has 2 aromatic carbocycles. The number of aromatic nitrogens is 1. The molecule has 1 heterocycles. The normalized spacial score (nSPS) is 11.0. The van der Waals surface area contributed by atoms with E-state index in [1.165, 1.54) is 11.1 Å². The van der Waals surface area contributed by atoms with Crippen molar-refractivity contribution in [3.63, 3.8) is 0 Å². The predicted molar refractivity (Wildman–Crippen MR) is 94.5 cm³/mol. The number of nitrogens with zero attached hydrogens (tertiary/aromatic N) is 2. The summed E-state index contributed by atoms with van der Waals surface area (Å²) < 4.78 is 0. The molecule has 0 saturated heterocycles. The second-order valence-electron chi connectivity index (χ2n) is 5.46. The molecule has 0 aliphatic heterocycles. The fraction of sp³-hybridized carbons (Fsp3) is 0.100. The van der Waals surface area contributed by atoms with E-state index in [0.29, 0.717) is 5.69 Å². The van der Waals surface area contributed by atoms with Gasteiger partial charge in [-0.25, -0.2) is 4.98 Å². The van der Waals surface area contributed by atoms with Crippen LogP contribution in [0.15, 0.2) is 65.7 Å². The molecule has 3 heteroatoms. The summed E-state index contributed by atoms with van der Waals surface area (Å²) in [7, 11) is 0. The van der Waals surface area contributed by atoms with Crippen molar-refractivity contribution in [1.82, 2.24) is 4.98 Å². The summed E-state index contributed by atoms with van der Waals surface area (Å²) in [6.45, 7) is 4.18. The predicted octanol–water partition coefficient (Wildman–Crippen LogP) is 4.82. The number of rotatable bonds is 3. The monoisotopic (exact) mass is 302 g/mol. The molecule has 0 aliphatic carbocycles. The number of aromatic hydroxyl groups is 1. The Morgan fingerprint density at radius 2 is 1.57 bits per heavy atom. The van der Waals surface area contributed by atoms with E-state index >= 15 is 0 Å². The average Bonchev–Trinajstić information content (AvgIpc) is 2.54. The molecular weight excluding hydrogens is 284 g/mol. The van der Waals surface area contributed by atoms with Crippen molar-refractivity contribution in [3.8, 4) is 17.0 Å². The van der Waals surface area contributed by atoms with Crippen molar-refractivity contribution < 1.29 is 5.11 Å². The van der Waals surface area contributed by atoms with E-state index in [4.69, 9.17) is 0 Å². The Bertz CT molecular complexity index is 849. The van der Waals surface area contributed by atoms with Crippen LogP contribution in [0.2, 0.25) is 0 Å². The number of hydrogen-bond acceptors (Lipinski definition) is 3. The molecule has 0 fully saturated rings. The summed E-state index contributed by atoms with van der Waals surface area (Å²) in [5, 5.41) is 9.76. The van der Waals surface area contributed by atoms with Gasteiger partial charge in [0.1, 0.15) is 11.4 Å². The van der Waals surface area contributed by atoms with Crippen LogP contribution in [-0.4, -0.2) is 16.3 Å². The molecular formula is C20H18N2O. The van der Waals surface area contributed by atoms with E-state index in [-0.39, 0.29) is 5.75 Å². The minimum atomic E-state index is 0.162. The summed E-state index contributed by atoms with van der Waals surface area (Å²) in [4.78, 5) is 9.00. The van der Waals surface area contributed by atoms with Crippen molar-refractivity contribution in [2.75, 3.05) is 0 Å². The van der Waals surface area contributed by atoms with Crippen LogP contribution in [0.25, 0.3) is 11.3 Å². The number of para-hydroxylation sites is 2. The van der Waals surface area contributed by atoms with Crippen LogP contribution in [0.1, 0.15) is 16.8 Å². The van der Waals surface area contributed by atoms with E-state index in [9.17, 15) is 5.11 Å². The topological polar surface area (TPSA) is 45.5 Å². The number of pyridine rings is 1. The van der Waals surface area contributed by atoms with Crippen LogP contribution in [0.3, 0.4) is 0 Å². The fourth-order valence-electron chi connectivity index (χ4n) is 2.59. The van der Waals surface area contributed by atoms with Gasteiger partial charge in [0, 0.05) is 5.56 Å². The lowest BCUT2D eigenvalue weighted by Crippen LogP contribution is -1.94. The lowest BCUT2D eigenvalue weighted by Gasteiger charge is -2.09. The van der Waals surface area contributed by atoms with Crippen molar-refractivity contribution in [3.05, 3.63) is 77.5 Å². The maximum absolute atomic E-state index is 9.76. The van der Waals surface area contributed by atoms with Crippen molar-refractivity contribution in [1.29, 1.82) is 0 Å². The maximum atomic E-state index is 9.76. The zero-order valence-corrected chi connectivity index (χ0v) is 13.2. The molecule has 0 radical (unpaired) electrons. The highest BCUT2D eigenvalue weighted by Gasteiger charge is 2.07. The fourth-order valence-corrected chi connectivity index (χ4v) is 2.59. The van der Waals surface area contributed by atoms with Crippen molar-refractivity contribution >= 4 is 11.9 Å². The van der Waals surface area contributed by atoms with Crippen molar-refractivity contribution in [2.45, 2.75) is 13.8 Å². The molecule has 114 valence electrons. The van der Waals surface area contributed by atoms with Crippen LogP contribution in [0.4, 0.5) is 5.69 Å². The molecule has 0 spiro atoms. The van der Waals surface area contributed by atoms with Crippen LogP contribution < -0.4 is 0 Å². The number of phenols is 1. The number of aryl methyl sites for hydroxylation is 2. The quantitative estimate of drug-likeness (QED) is 0.705. The third kappa shape index (κ3) is 3.29. The highest BCUT2D eigenvalue weighted by atomic mass is 16.3. The Hall–Kier alpha value is -2.94. The molecule has 0 unspecified atom stereocenters. The van der Waals surface area contributed by atoms with Crippen molar-refractivity contribution in [2.24, 2.45) is 4.99 Å². The Labute approximate surface area is 136 Å². The summed E-state index contributed by atoms with van der Waals surface area (Å²) in [6, 6.07) is 19.1. The first-order chi connectivity index (χ1) is 11.1. The third-order valence-electron chi connectivity index (χ3n) is 3.73. The number of benzene rings is 2. The molecule has 0 bridgehead atoms. The van der Waals surface area contributed by atoms with Gasteiger partial charge in [0.2, 0.25) is 0 Å². The number of phenolic OH excluding ortho intramolecular Hbond substituents is 1. The lowest BCUT2D eigenvalue weighted by atomic mass is 9.99. The summed E-state index contributed by atoms with van der Waals surface area (Å²) >= 11 is 0. The largest absolute Gasteiger partial charge is 0.506 e. The van der Waals surface area contributed by atoms with E-state index < -0.39 is 0 Å². The van der Waals surface area contributed by atoms with Gasteiger partial charge in [-0.3, -0.25) is 4.99 Å². The van der Waals surface area contributed by atoms with Crippen LogP contribution in [-0.2, 0) is 0 Å². The van der Waals surface area contributed by atoms with Gasteiger partial charge >= 0.3 is 0 Å². The molecule has 3 nitrogen and oxygen atoms in total. The second-order valence-corrected chi connectivity index (χ2v) is 5.46. The molecule has 1 aromatic heterocycles. The van der Waals surface area contributed by atoms with E-state index in [0.717, 1.165) is 17.0 Å². The minimum absolute atomic E-state index is 0.162. The highest BCUT2D eigenvalue weighted by Crippen LogP contribution is 2.26. The van der Waals surface area contributed by atoms with E-state index in [1.807, 2.05) is 24.3 Å². The molecule has 0 saturated carbocycles. The molecule has 0 atom stereocenters. The molecule has 3 rings (SSSR count). The first-order valence-electron chi connectivity index (χ1n) is 7.51. The SMILES string of the molecule is Cc1cccc(C)c1-c1cccc(/C=N/c2ccccc2O)n1. The standard InChI is InChI=1S/C20H18N2O/c1-14-7-5-8-15(2)20(14)18-11-6-9-16(22-18)13-21-17-10-3-4-12-19(17)23/h3-13,23H,1-2H3/b21-13+. The first-order valence-corrected chi connectivity index (χ1v) is 7.51. The molecule has 0 amide bonds. The van der Waals surface area contributed by atoms with Crippen LogP contribution in [0, 0.1) is 13.8 Å². The molecule has 23 heavy (non-hydrogen) atoms. The van der Waals surface area contributed by atoms with Gasteiger partial charge in [-0.15, -0.1) is 0 Å². The summed E-state index contributed by atoms with van der Waals surface area (Å²) in [6.07, 6.45) is 1.67.